The standard InChI is InChI=1S/C40H37F4N7O5/c1-20-26(5-3-7-28(20)38-48-30-12-23(16-51-17-24(18-51)39(53)54)32(56-40(43)44)13-33(30)55-38)27-6-4-8-29(21(27)2)46-36-34-31(47-37(49-36)35(41)42)11-22(14-45-34)15-50-10-9-25(52)19-50/h3-8,11-14,24-25,35,40,52H,9-10,15-19H2,1-2H3,(H,53,54)(H,46,47,49). The van der Waals surface area contributed by atoms with Crippen molar-refractivity contribution in [3.8, 4) is 28.3 Å². The molecule has 1 unspecified atom stereocenters. The zero-order chi connectivity index (χ0) is 39.2. The largest absolute Gasteiger partial charge is 0.481 e. The molecule has 12 nitrogen and oxygen atoms in total. The van der Waals surface area contributed by atoms with E-state index in [-0.39, 0.29) is 35.1 Å². The molecule has 2 fully saturated rings. The topological polar surface area (TPSA) is 150 Å². The first-order valence-corrected chi connectivity index (χ1v) is 18.1. The number of aliphatic carboxylic acids is 1. The molecule has 2 aliphatic rings. The van der Waals surface area contributed by atoms with E-state index >= 15 is 0 Å². The molecule has 1 atom stereocenters. The number of rotatable bonds is 12. The fourth-order valence-electron chi connectivity index (χ4n) is 7.45. The van der Waals surface area contributed by atoms with E-state index in [0.29, 0.717) is 60.4 Å². The van der Waals surface area contributed by atoms with Gasteiger partial charge in [-0.05, 0) is 72.4 Å². The van der Waals surface area contributed by atoms with Crippen LogP contribution in [0, 0.1) is 19.8 Å². The summed E-state index contributed by atoms with van der Waals surface area (Å²) in [5.74, 6) is -1.71. The Hall–Kier alpha value is -5.71. The van der Waals surface area contributed by atoms with Gasteiger partial charge in [0.05, 0.1) is 17.5 Å². The molecule has 0 bridgehead atoms. The quantitative estimate of drug-likeness (QED) is 0.106. The number of aromatic nitrogens is 4. The molecule has 2 aliphatic heterocycles. The van der Waals surface area contributed by atoms with E-state index in [2.05, 4.69) is 25.2 Å². The van der Waals surface area contributed by atoms with Crippen molar-refractivity contribution in [3.63, 3.8) is 0 Å². The van der Waals surface area contributed by atoms with Crippen molar-refractivity contribution < 1.29 is 41.7 Å². The number of β-amino-alcohol motifs (C(OH)–C–C–N with tert-alkyl or cyclic N) is 1. The van der Waals surface area contributed by atoms with Crippen molar-refractivity contribution in [1.29, 1.82) is 0 Å². The minimum absolute atomic E-state index is 0.0741. The zero-order valence-electron chi connectivity index (χ0n) is 30.3. The Kier molecular flexibility index (Phi) is 10.0. The van der Waals surface area contributed by atoms with Gasteiger partial charge in [0.2, 0.25) is 5.89 Å². The molecule has 0 spiro atoms. The summed E-state index contributed by atoms with van der Waals surface area (Å²) in [5.41, 5.74) is 7.07. The van der Waals surface area contributed by atoms with Gasteiger partial charge in [-0.15, -0.1) is 0 Å². The Morgan fingerprint density at radius 3 is 2.39 bits per heavy atom. The minimum Gasteiger partial charge on any atom is -0.481 e. The fraction of sp³-hybridized carbons (Fsp3) is 0.325. The summed E-state index contributed by atoms with van der Waals surface area (Å²) >= 11 is 0. The summed E-state index contributed by atoms with van der Waals surface area (Å²) in [6.45, 7) is 3.30. The Balaban J connectivity index is 1.10. The number of benzene rings is 3. The highest BCUT2D eigenvalue weighted by molar-refractivity contribution is 5.89. The molecule has 0 aliphatic carbocycles. The van der Waals surface area contributed by atoms with Crippen LogP contribution in [0.3, 0.4) is 0 Å². The smallest absolute Gasteiger partial charge is 0.387 e. The SMILES string of the molecule is Cc1c(Nc2nc(C(F)F)nc3cc(CN4CCC(O)C4)cnc23)cccc1-c1cccc(-c2nc3cc(CN4CC(C(=O)O)C4)c(OC(F)F)cc3o2)c1C. The molecule has 3 N–H and O–H groups in total. The molecule has 290 valence electrons. The second-order valence-electron chi connectivity index (χ2n) is 14.3. The predicted octanol–water partition coefficient (Wildman–Crippen LogP) is 7.48. The maximum atomic E-state index is 14.1. The number of carboxylic acid groups (broad SMARTS) is 1. The van der Waals surface area contributed by atoms with Crippen LogP contribution in [0.25, 0.3) is 44.7 Å². The van der Waals surface area contributed by atoms with Crippen LogP contribution in [-0.4, -0.2) is 84.8 Å². The second-order valence-corrected chi connectivity index (χ2v) is 14.3. The molecule has 16 heteroatoms. The summed E-state index contributed by atoms with van der Waals surface area (Å²) in [6, 6.07) is 16.0. The van der Waals surface area contributed by atoms with Crippen LogP contribution in [0.1, 0.15) is 40.9 Å². The van der Waals surface area contributed by atoms with Crippen LogP contribution in [0.2, 0.25) is 0 Å². The van der Waals surface area contributed by atoms with Crippen LogP contribution in [0.4, 0.5) is 29.1 Å². The van der Waals surface area contributed by atoms with E-state index in [1.165, 1.54) is 6.07 Å². The molecular formula is C40H37F4N7O5. The third-order valence-electron chi connectivity index (χ3n) is 10.4. The number of oxazole rings is 1. The Labute approximate surface area is 317 Å². The van der Waals surface area contributed by atoms with Gasteiger partial charge in [-0.3, -0.25) is 19.6 Å². The third-order valence-corrected chi connectivity index (χ3v) is 10.4. The van der Waals surface area contributed by atoms with Gasteiger partial charge in [-0.1, -0.05) is 24.3 Å². The first-order chi connectivity index (χ1) is 26.9. The van der Waals surface area contributed by atoms with Gasteiger partial charge in [0.25, 0.3) is 6.43 Å². The number of nitrogens with one attached hydrogen (secondary N) is 1. The molecule has 3 aromatic carbocycles. The van der Waals surface area contributed by atoms with Crippen molar-refractivity contribution in [2.24, 2.45) is 5.92 Å². The van der Waals surface area contributed by atoms with Crippen LogP contribution in [-0.2, 0) is 17.9 Å². The van der Waals surface area contributed by atoms with Gasteiger partial charge >= 0.3 is 12.6 Å². The molecular weight excluding hydrogens is 734 g/mol. The lowest BCUT2D eigenvalue weighted by molar-refractivity contribution is -0.147. The lowest BCUT2D eigenvalue weighted by Gasteiger charge is -2.36. The summed E-state index contributed by atoms with van der Waals surface area (Å²) in [7, 11) is 0. The van der Waals surface area contributed by atoms with E-state index in [4.69, 9.17) is 14.1 Å². The van der Waals surface area contributed by atoms with Crippen LogP contribution in [0.15, 0.2) is 65.2 Å². The molecule has 6 aromatic rings. The zero-order valence-corrected chi connectivity index (χ0v) is 30.3. The lowest BCUT2D eigenvalue weighted by Crippen LogP contribution is -2.49. The normalized spacial score (nSPS) is 16.7. The van der Waals surface area contributed by atoms with Crippen molar-refractivity contribution in [2.45, 2.75) is 52.5 Å². The van der Waals surface area contributed by atoms with Crippen molar-refractivity contribution >= 4 is 39.6 Å². The monoisotopic (exact) mass is 771 g/mol. The third kappa shape index (κ3) is 7.46. The van der Waals surface area contributed by atoms with Crippen LogP contribution >= 0.6 is 0 Å². The number of alkyl halides is 4. The Morgan fingerprint density at radius 2 is 1.68 bits per heavy atom. The van der Waals surface area contributed by atoms with Crippen molar-refractivity contribution in [3.05, 3.63) is 88.9 Å². The van der Waals surface area contributed by atoms with E-state index in [1.54, 1.807) is 18.3 Å². The minimum atomic E-state index is -3.08. The summed E-state index contributed by atoms with van der Waals surface area (Å²) in [6.07, 6.45) is -0.959. The van der Waals surface area contributed by atoms with Gasteiger partial charge in [-0.25, -0.2) is 23.7 Å². The number of hydrogen-bond donors (Lipinski definition) is 3. The molecule has 5 heterocycles. The number of carbonyl (C=O) groups is 1. The van der Waals surface area contributed by atoms with Crippen molar-refractivity contribution in [2.75, 3.05) is 31.5 Å². The molecule has 0 radical (unpaired) electrons. The number of ether oxygens (including phenoxy) is 1. The highest BCUT2D eigenvalue weighted by atomic mass is 19.3. The number of carboxylic acids is 1. The lowest BCUT2D eigenvalue weighted by atomic mass is 9.93. The number of nitrogens with zero attached hydrogens (tertiary/aromatic N) is 6. The van der Waals surface area contributed by atoms with Crippen molar-refractivity contribution in [1.82, 2.24) is 29.7 Å². The number of likely N-dealkylation sites (tertiary alicyclic amines) is 2. The number of halogens is 4. The number of aliphatic hydroxyl groups excluding tert-OH is 1. The first kappa shape index (κ1) is 37.2. The van der Waals surface area contributed by atoms with Gasteiger partial charge in [-0.2, -0.15) is 8.78 Å². The molecule has 2 saturated heterocycles. The Bertz CT molecular complexity index is 2460. The fourth-order valence-corrected chi connectivity index (χ4v) is 7.45. The number of anilines is 2. The van der Waals surface area contributed by atoms with E-state index in [0.717, 1.165) is 34.4 Å². The molecule has 3 aromatic heterocycles. The molecule has 8 rings (SSSR count). The Morgan fingerprint density at radius 1 is 0.929 bits per heavy atom. The summed E-state index contributed by atoms with van der Waals surface area (Å²) in [5, 5.41) is 22.4. The molecule has 0 amide bonds. The van der Waals surface area contributed by atoms with Gasteiger partial charge in [0.15, 0.2) is 17.2 Å². The number of pyridine rings is 1. The average molecular weight is 772 g/mol. The number of hydrogen-bond acceptors (Lipinski definition) is 11. The first-order valence-electron chi connectivity index (χ1n) is 18.1. The average Bonchev–Trinajstić information content (AvgIpc) is 3.74. The van der Waals surface area contributed by atoms with Crippen LogP contribution in [0.5, 0.6) is 5.75 Å². The number of aliphatic hydroxyl groups is 1. The summed E-state index contributed by atoms with van der Waals surface area (Å²) < 4.78 is 65.9. The maximum absolute atomic E-state index is 14.1. The van der Waals surface area contributed by atoms with Gasteiger partial charge in [0.1, 0.15) is 16.8 Å². The molecule has 0 saturated carbocycles. The molecule has 56 heavy (non-hydrogen) atoms. The van der Waals surface area contributed by atoms with Gasteiger partial charge in [0, 0.05) is 68.3 Å². The maximum Gasteiger partial charge on any atom is 0.387 e. The predicted molar refractivity (Wildman–Crippen MR) is 199 cm³/mol. The number of fused-ring (bicyclic) bond motifs is 2. The second kappa shape index (κ2) is 15.1. The van der Waals surface area contributed by atoms with Gasteiger partial charge < -0.3 is 24.7 Å². The highest BCUT2D eigenvalue weighted by Crippen LogP contribution is 2.39. The highest BCUT2D eigenvalue weighted by Gasteiger charge is 2.33. The summed E-state index contributed by atoms with van der Waals surface area (Å²) in [4.78, 5) is 32.7. The van der Waals surface area contributed by atoms with E-state index in [1.807, 2.05) is 55.1 Å². The van der Waals surface area contributed by atoms with Crippen LogP contribution < -0.4 is 10.1 Å². The van der Waals surface area contributed by atoms with E-state index < -0.39 is 36.9 Å². The van der Waals surface area contributed by atoms with E-state index in [9.17, 15) is 32.6 Å².